The van der Waals surface area contributed by atoms with E-state index in [9.17, 15) is 4.79 Å². The van der Waals surface area contributed by atoms with Gasteiger partial charge in [0.05, 0.1) is 24.5 Å². The van der Waals surface area contributed by atoms with Crippen LogP contribution in [0.15, 0.2) is 42.9 Å². The number of benzene rings is 1. The van der Waals surface area contributed by atoms with E-state index in [1.54, 1.807) is 13.3 Å². The van der Waals surface area contributed by atoms with Crippen LogP contribution in [0.3, 0.4) is 0 Å². The van der Waals surface area contributed by atoms with E-state index in [0.29, 0.717) is 19.8 Å². The van der Waals surface area contributed by atoms with Gasteiger partial charge in [0.2, 0.25) is 0 Å². The van der Waals surface area contributed by atoms with E-state index in [1.807, 2.05) is 41.1 Å². The Morgan fingerprint density at radius 2 is 2.15 bits per heavy atom. The van der Waals surface area contributed by atoms with Crippen LogP contribution < -0.4 is 0 Å². The smallest absolute Gasteiger partial charge is 0.306 e. The maximum absolute atomic E-state index is 10.8. The largest absolute Gasteiger partial charge is 0.481 e. The van der Waals surface area contributed by atoms with Crippen molar-refractivity contribution in [3.63, 3.8) is 0 Å². The highest BCUT2D eigenvalue weighted by Gasteiger charge is 2.13. The number of imidazole rings is 1. The molecule has 0 amide bonds. The van der Waals surface area contributed by atoms with E-state index >= 15 is 0 Å². The van der Waals surface area contributed by atoms with Gasteiger partial charge in [-0.1, -0.05) is 37.3 Å². The third-order valence-electron chi connectivity index (χ3n) is 2.98. The lowest BCUT2D eigenvalue weighted by atomic mass is 10.1. The molecule has 1 heterocycles. The van der Waals surface area contributed by atoms with Crippen LogP contribution >= 0.6 is 0 Å². The lowest BCUT2D eigenvalue weighted by molar-refractivity contribution is -0.141. The van der Waals surface area contributed by atoms with Crippen molar-refractivity contribution in [2.75, 3.05) is 0 Å². The standard InChI is InChI=1S/C15H18N2O3/c1-12(15(18)19)7-14-8-17(10-16-14)11-20-9-13-5-3-2-4-6-13/h2-6,8,10,12H,7,9,11H2,1H3,(H,18,19)/t12-/m0/s1. The van der Waals surface area contributed by atoms with Crippen LogP contribution in [0.25, 0.3) is 0 Å². The second-order valence-corrected chi connectivity index (χ2v) is 4.79. The highest BCUT2D eigenvalue weighted by Crippen LogP contribution is 2.07. The molecule has 0 aliphatic carbocycles. The zero-order chi connectivity index (χ0) is 14.4. The SMILES string of the molecule is C[C@@H](Cc1cn(COCc2ccccc2)cn1)C(=O)O. The monoisotopic (exact) mass is 274 g/mol. The zero-order valence-corrected chi connectivity index (χ0v) is 11.4. The molecule has 0 fully saturated rings. The second kappa shape index (κ2) is 6.86. The van der Waals surface area contributed by atoms with Gasteiger partial charge in [-0.05, 0) is 5.56 Å². The topological polar surface area (TPSA) is 64.4 Å². The molecule has 1 atom stereocenters. The molecule has 2 aromatic rings. The Hall–Kier alpha value is -2.14. The van der Waals surface area contributed by atoms with Gasteiger partial charge in [-0.3, -0.25) is 4.79 Å². The number of rotatable bonds is 7. The fraction of sp³-hybridized carbons (Fsp3) is 0.333. The molecule has 1 aromatic carbocycles. The molecule has 0 aliphatic heterocycles. The summed E-state index contributed by atoms with van der Waals surface area (Å²) < 4.78 is 7.39. The van der Waals surface area contributed by atoms with Gasteiger partial charge >= 0.3 is 5.97 Å². The minimum absolute atomic E-state index is 0.406. The number of carboxylic acids is 1. The summed E-state index contributed by atoms with van der Waals surface area (Å²) in [5.41, 5.74) is 1.88. The molecule has 1 N–H and O–H groups in total. The molecule has 20 heavy (non-hydrogen) atoms. The minimum Gasteiger partial charge on any atom is -0.481 e. The van der Waals surface area contributed by atoms with Crippen LogP contribution in [0.2, 0.25) is 0 Å². The van der Waals surface area contributed by atoms with Crippen molar-refractivity contribution in [1.82, 2.24) is 9.55 Å². The van der Waals surface area contributed by atoms with Gasteiger partial charge in [0.1, 0.15) is 6.73 Å². The van der Waals surface area contributed by atoms with Crippen LogP contribution in [-0.2, 0) is 29.3 Å². The average molecular weight is 274 g/mol. The highest BCUT2D eigenvalue weighted by molar-refractivity contribution is 5.69. The van der Waals surface area contributed by atoms with Crippen molar-refractivity contribution in [2.45, 2.75) is 26.7 Å². The van der Waals surface area contributed by atoms with E-state index < -0.39 is 11.9 Å². The van der Waals surface area contributed by atoms with Gasteiger partial charge in [0.25, 0.3) is 0 Å². The molecule has 2 rings (SSSR count). The number of ether oxygens (including phenoxy) is 1. The summed E-state index contributed by atoms with van der Waals surface area (Å²) in [4.78, 5) is 15.0. The van der Waals surface area contributed by atoms with Gasteiger partial charge in [-0.25, -0.2) is 4.98 Å². The third-order valence-corrected chi connectivity index (χ3v) is 2.98. The lowest BCUT2D eigenvalue weighted by Crippen LogP contribution is -2.12. The van der Waals surface area contributed by atoms with Gasteiger partial charge in [-0.2, -0.15) is 0 Å². The summed E-state index contributed by atoms with van der Waals surface area (Å²) in [7, 11) is 0. The highest BCUT2D eigenvalue weighted by atomic mass is 16.5. The molecule has 0 bridgehead atoms. The Morgan fingerprint density at radius 1 is 1.40 bits per heavy atom. The molecule has 0 spiro atoms. The van der Waals surface area contributed by atoms with Crippen molar-refractivity contribution in [1.29, 1.82) is 0 Å². The predicted octanol–water partition coefficient (Wildman–Crippen LogP) is 2.32. The first kappa shape index (κ1) is 14.3. The van der Waals surface area contributed by atoms with Crippen molar-refractivity contribution < 1.29 is 14.6 Å². The molecule has 5 heteroatoms. The Labute approximate surface area is 117 Å². The number of aromatic nitrogens is 2. The molecule has 0 saturated carbocycles. The fourth-order valence-electron chi connectivity index (χ4n) is 1.83. The summed E-state index contributed by atoms with van der Waals surface area (Å²) >= 11 is 0. The van der Waals surface area contributed by atoms with Crippen molar-refractivity contribution >= 4 is 5.97 Å². The third kappa shape index (κ3) is 4.20. The van der Waals surface area contributed by atoms with Crippen LogP contribution in [0.4, 0.5) is 0 Å². The van der Waals surface area contributed by atoms with Crippen LogP contribution in [-0.4, -0.2) is 20.6 Å². The molecule has 106 valence electrons. The maximum Gasteiger partial charge on any atom is 0.306 e. The van der Waals surface area contributed by atoms with Gasteiger partial charge in [0, 0.05) is 12.6 Å². The number of carboxylic acid groups (broad SMARTS) is 1. The van der Waals surface area contributed by atoms with E-state index in [0.717, 1.165) is 11.3 Å². The van der Waals surface area contributed by atoms with Crippen LogP contribution in [0.5, 0.6) is 0 Å². The molecule has 1 aromatic heterocycles. The van der Waals surface area contributed by atoms with Gasteiger partial charge in [-0.15, -0.1) is 0 Å². The lowest BCUT2D eigenvalue weighted by Gasteiger charge is -2.05. The fourth-order valence-corrected chi connectivity index (χ4v) is 1.83. The van der Waals surface area contributed by atoms with E-state index in [4.69, 9.17) is 9.84 Å². The van der Waals surface area contributed by atoms with Crippen molar-refractivity contribution in [3.05, 3.63) is 54.1 Å². The van der Waals surface area contributed by atoms with Crippen molar-refractivity contribution in [3.8, 4) is 0 Å². The molecule has 0 aliphatic rings. The quantitative estimate of drug-likeness (QED) is 0.841. The molecule has 0 unspecified atom stereocenters. The second-order valence-electron chi connectivity index (χ2n) is 4.79. The summed E-state index contributed by atoms with van der Waals surface area (Å²) in [6, 6.07) is 9.93. The number of nitrogens with zero attached hydrogens (tertiary/aromatic N) is 2. The van der Waals surface area contributed by atoms with Gasteiger partial charge in [0.15, 0.2) is 0 Å². The first-order chi connectivity index (χ1) is 9.65. The molecular weight excluding hydrogens is 256 g/mol. The summed E-state index contributed by atoms with van der Waals surface area (Å²) in [5, 5.41) is 8.86. The van der Waals surface area contributed by atoms with Crippen LogP contribution in [0, 0.1) is 5.92 Å². The Balaban J connectivity index is 1.79. The molecule has 0 saturated heterocycles. The molecular formula is C15H18N2O3. The Bertz CT molecular complexity index is 551. The normalized spacial score (nSPS) is 12.2. The Kier molecular flexibility index (Phi) is 4.90. The minimum atomic E-state index is -0.806. The summed E-state index contributed by atoms with van der Waals surface area (Å²) in [6.07, 6.45) is 3.92. The maximum atomic E-state index is 10.8. The van der Waals surface area contributed by atoms with E-state index in [-0.39, 0.29) is 0 Å². The first-order valence-corrected chi connectivity index (χ1v) is 6.50. The predicted molar refractivity (Wildman–Crippen MR) is 74.0 cm³/mol. The van der Waals surface area contributed by atoms with E-state index in [2.05, 4.69) is 4.98 Å². The number of carbonyl (C=O) groups is 1. The summed E-state index contributed by atoms with van der Waals surface area (Å²) in [6.45, 7) is 2.62. The Morgan fingerprint density at radius 3 is 2.85 bits per heavy atom. The average Bonchev–Trinajstić information content (AvgIpc) is 2.87. The van der Waals surface area contributed by atoms with E-state index in [1.165, 1.54) is 0 Å². The van der Waals surface area contributed by atoms with Gasteiger partial charge < -0.3 is 14.4 Å². The summed E-state index contributed by atoms with van der Waals surface area (Å²) in [5.74, 6) is -1.23. The van der Waals surface area contributed by atoms with Crippen LogP contribution in [0.1, 0.15) is 18.2 Å². The number of aliphatic carboxylic acids is 1. The zero-order valence-electron chi connectivity index (χ0n) is 11.4. The molecule has 0 radical (unpaired) electrons. The molecule has 5 nitrogen and oxygen atoms in total. The van der Waals surface area contributed by atoms with Crippen molar-refractivity contribution in [2.24, 2.45) is 5.92 Å². The number of hydrogen-bond acceptors (Lipinski definition) is 3. The number of hydrogen-bond donors (Lipinski definition) is 1. The first-order valence-electron chi connectivity index (χ1n) is 6.50.